The highest BCUT2D eigenvalue weighted by Gasteiger charge is 2.25. The van der Waals surface area contributed by atoms with E-state index in [1.165, 1.54) is 12.8 Å². The molecule has 6 rings (SSSR count). The third-order valence-electron chi connectivity index (χ3n) is 8.66. The second kappa shape index (κ2) is 12.5. The number of likely N-dealkylation sites (tertiary alicyclic amines) is 2. The first-order valence-electron chi connectivity index (χ1n) is 14.7. The van der Waals surface area contributed by atoms with Gasteiger partial charge in [0, 0.05) is 46.3 Å². The third-order valence-corrected chi connectivity index (χ3v) is 8.66. The van der Waals surface area contributed by atoms with Crippen LogP contribution in [-0.4, -0.2) is 84.6 Å². The summed E-state index contributed by atoms with van der Waals surface area (Å²) in [7, 11) is 4.29. The van der Waals surface area contributed by atoms with Crippen LogP contribution in [0.25, 0.3) is 21.8 Å². The summed E-state index contributed by atoms with van der Waals surface area (Å²) in [6, 6.07) is 12.0. The second-order valence-electron chi connectivity index (χ2n) is 11.3. The second-order valence-corrected chi connectivity index (χ2v) is 11.3. The van der Waals surface area contributed by atoms with Crippen molar-refractivity contribution in [2.75, 3.05) is 40.4 Å². The number of rotatable bonds is 9. The maximum absolute atomic E-state index is 12.5. The van der Waals surface area contributed by atoms with E-state index in [4.69, 9.17) is 18.9 Å². The minimum atomic E-state index is -0.858. The molecule has 2 saturated heterocycles. The fourth-order valence-electron chi connectivity index (χ4n) is 6.40. The molecule has 10 nitrogen and oxygen atoms in total. The third kappa shape index (κ3) is 6.10. The van der Waals surface area contributed by atoms with Crippen LogP contribution in [0.1, 0.15) is 36.8 Å². The van der Waals surface area contributed by atoms with Gasteiger partial charge in [-0.2, -0.15) is 0 Å². The van der Waals surface area contributed by atoms with Gasteiger partial charge in [0.2, 0.25) is 0 Å². The van der Waals surface area contributed by atoms with E-state index in [0.717, 1.165) is 71.7 Å². The summed E-state index contributed by atoms with van der Waals surface area (Å²) in [6.45, 7) is 1.87. The number of carbonyl (C=O) groups excluding carboxylic acids is 2. The Balaban J connectivity index is 1.01. The van der Waals surface area contributed by atoms with Crippen LogP contribution in [0.5, 0.6) is 11.5 Å². The van der Waals surface area contributed by atoms with Crippen molar-refractivity contribution in [1.29, 1.82) is 0 Å². The highest BCUT2D eigenvalue weighted by molar-refractivity contribution is 5.91. The van der Waals surface area contributed by atoms with Crippen LogP contribution in [0, 0.1) is 0 Å². The van der Waals surface area contributed by atoms with Crippen molar-refractivity contribution in [2.24, 2.45) is 0 Å². The van der Waals surface area contributed by atoms with Crippen LogP contribution in [0.4, 0.5) is 9.59 Å². The van der Waals surface area contributed by atoms with Crippen LogP contribution in [-0.2, 0) is 22.3 Å². The number of hydrogen-bond donors (Lipinski definition) is 2. The van der Waals surface area contributed by atoms with Crippen molar-refractivity contribution < 1.29 is 28.5 Å². The number of likely N-dealkylation sites (N-methyl/N-ethyl adjacent to an activating group) is 2. The minimum Gasteiger partial charge on any atom is -0.430 e. The number of aromatic nitrogens is 2. The molecule has 2 N–H and O–H groups in total. The van der Waals surface area contributed by atoms with Crippen LogP contribution in [0.3, 0.4) is 0 Å². The van der Waals surface area contributed by atoms with E-state index < -0.39 is 12.3 Å². The topological polar surface area (TPSA) is 109 Å². The van der Waals surface area contributed by atoms with Crippen LogP contribution >= 0.6 is 0 Å². The number of aromatic amines is 2. The molecule has 0 amide bonds. The Hall–Kier alpha value is -4.02. The largest absolute Gasteiger partial charge is 0.513 e. The zero-order valence-corrected chi connectivity index (χ0v) is 24.2. The molecule has 222 valence electrons. The Bertz CT molecular complexity index is 1450. The van der Waals surface area contributed by atoms with Crippen molar-refractivity contribution in [2.45, 2.75) is 50.6 Å². The smallest absolute Gasteiger partial charge is 0.430 e. The normalized spacial score (nSPS) is 19.5. The zero-order chi connectivity index (χ0) is 29.1. The predicted molar refractivity (Wildman–Crippen MR) is 159 cm³/mol. The summed E-state index contributed by atoms with van der Waals surface area (Å²) in [5.74, 6) is 0.878. The first kappa shape index (κ1) is 28.1. The molecule has 2 aromatic heterocycles. The molecule has 2 aromatic carbocycles. The van der Waals surface area contributed by atoms with Crippen molar-refractivity contribution in [3.05, 3.63) is 59.9 Å². The molecule has 0 saturated carbocycles. The number of H-pyrrole nitrogens is 2. The van der Waals surface area contributed by atoms with Gasteiger partial charge in [-0.05, 0) is 101 Å². The Morgan fingerprint density at radius 2 is 1.19 bits per heavy atom. The van der Waals surface area contributed by atoms with Crippen LogP contribution < -0.4 is 9.47 Å². The molecule has 42 heavy (non-hydrogen) atoms. The van der Waals surface area contributed by atoms with Gasteiger partial charge in [0.25, 0.3) is 0 Å². The van der Waals surface area contributed by atoms with Gasteiger partial charge in [0.05, 0.1) is 0 Å². The number of fused-ring (bicyclic) bond motifs is 2. The standard InChI is InChI=1S/C32H38N4O6/c1-35-13-5-7-23(35)17-21-19-33-25-9-3-11-27(29(21)25)41-31(37)39-15-16-40-32(38)42-28-12-4-10-26-30(28)22(20-34-26)18-24-8-6-14-36(24)2/h3-4,9-12,19-20,23-24,33-34H,5-8,13-18H2,1-2H3/t23-,24-/m1/s1. The number of nitrogens with zero attached hydrogens (tertiary/aromatic N) is 2. The van der Waals surface area contributed by atoms with E-state index >= 15 is 0 Å². The lowest BCUT2D eigenvalue weighted by atomic mass is 10.0. The molecular weight excluding hydrogens is 536 g/mol. The quantitative estimate of drug-likeness (QED) is 0.150. The van der Waals surface area contributed by atoms with Crippen LogP contribution in [0.15, 0.2) is 48.8 Å². The zero-order valence-electron chi connectivity index (χ0n) is 24.2. The van der Waals surface area contributed by atoms with E-state index in [9.17, 15) is 9.59 Å². The van der Waals surface area contributed by atoms with Gasteiger partial charge in [0.1, 0.15) is 24.7 Å². The molecule has 2 fully saturated rings. The molecule has 0 aliphatic carbocycles. The maximum Gasteiger partial charge on any atom is 0.513 e. The van der Waals surface area contributed by atoms with Crippen molar-refractivity contribution in [3.8, 4) is 11.5 Å². The SMILES string of the molecule is CN1CCC[C@@H]1Cc1c[nH]c2cccc(OC(=O)OCCOC(=O)Oc3cccc4[nH]cc(C[C@H]5CCCN5C)c34)c12. The number of benzene rings is 2. The summed E-state index contributed by atoms with van der Waals surface area (Å²) >= 11 is 0. The molecule has 4 aromatic rings. The summed E-state index contributed by atoms with van der Waals surface area (Å²) in [6.07, 6.45) is 8.68. The predicted octanol–water partition coefficient (Wildman–Crippen LogP) is 5.65. The van der Waals surface area contributed by atoms with E-state index in [1.807, 2.05) is 36.7 Å². The molecule has 10 heteroatoms. The summed E-state index contributed by atoms with van der Waals surface area (Å²) in [4.78, 5) is 36.3. The van der Waals surface area contributed by atoms with Gasteiger partial charge in [-0.15, -0.1) is 0 Å². The summed E-state index contributed by atoms with van der Waals surface area (Å²) < 4.78 is 21.5. The highest BCUT2D eigenvalue weighted by atomic mass is 16.7. The lowest BCUT2D eigenvalue weighted by Crippen LogP contribution is -2.26. The molecule has 4 heterocycles. The van der Waals surface area contributed by atoms with Crippen molar-refractivity contribution >= 4 is 34.1 Å². The minimum absolute atomic E-state index is 0.162. The lowest BCUT2D eigenvalue weighted by molar-refractivity contribution is 0.0546. The van der Waals surface area contributed by atoms with Crippen molar-refractivity contribution in [1.82, 2.24) is 19.8 Å². The summed E-state index contributed by atoms with van der Waals surface area (Å²) in [5, 5.41) is 1.76. The Morgan fingerprint density at radius 3 is 1.60 bits per heavy atom. The number of ether oxygens (including phenoxy) is 4. The fourth-order valence-corrected chi connectivity index (χ4v) is 6.40. The van der Waals surface area contributed by atoms with Crippen LogP contribution in [0.2, 0.25) is 0 Å². The molecule has 0 spiro atoms. The van der Waals surface area contributed by atoms with Gasteiger partial charge in [-0.1, -0.05) is 12.1 Å². The van der Waals surface area contributed by atoms with E-state index in [1.54, 1.807) is 12.1 Å². The summed E-state index contributed by atoms with van der Waals surface area (Å²) in [5.41, 5.74) is 4.01. The molecule has 0 bridgehead atoms. The molecule has 0 radical (unpaired) electrons. The Morgan fingerprint density at radius 1 is 0.738 bits per heavy atom. The van der Waals surface area contributed by atoms with Gasteiger partial charge < -0.3 is 38.7 Å². The fraction of sp³-hybridized carbons (Fsp3) is 0.438. The molecule has 0 unspecified atom stereocenters. The molecular formula is C32H38N4O6. The molecule has 2 aliphatic heterocycles. The Labute approximate surface area is 244 Å². The van der Waals surface area contributed by atoms with Gasteiger partial charge >= 0.3 is 12.3 Å². The Kier molecular flexibility index (Phi) is 8.34. The van der Waals surface area contributed by atoms with Gasteiger partial charge in [0.15, 0.2) is 0 Å². The molecule has 2 atom stereocenters. The van der Waals surface area contributed by atoms with E-state index in [0.29, 0.717) is 23.6 Å². The maximum atomic E-state index is 12.5. The van der Waals surface area contributed by atoms with Gasteiger partial charge in [-0.3, -0.25) is 0 Å². The number of hydrogen-bond acceptors (Lipinski definition) is 8. The monoisotopic (exact) mass is 574 g/mol. The molecule has 2 aliphatic rings. The number of nitrogens with one attached hydrogen (secondary N) is 2. The lowest BCUT2D eigenvalue weighted by Gasteiger charge is -2.19. The highest BCUT2D eigenvalue weighted by Crippen LogP contribution is 2.33. The van der Waals surface area contributed by atoms with Crippen molar-refractivity contribution in [3.63, 3.8) is 0 Å². The first-order valence-corrected chi connectivity index (χ1v) is 14.7. The average Bonchev–Trinajstić information content (AvgIpc) is 3.77. The van der Waals surface area contributed by atoms with E-state index in [-0.39, 0.29) is 13.2 Å². The first-order chi connectivity index (χ1) is 20.5. The van der Waals surface area contributed by atoms with Gasteiger partial charge in [-0.25, -0.2) is 9.59 Å². The van der Waals surface area contributed by atoms with E-state index in [2.05, 4.69) is 33.9 Å². The average molecular weight is 575 g/mol. The number of carbonyl (C=O) groups is 2.